The fraction of sp³-hybridized carbons (Fsp3) is 0.591. The molecule has 25 heavy (non-hydrogen) atoms. The minimum absolute atomic E-state index is 0.359. The quantitative estimate of drug-likeness (QED) is 0.680. The molecule has 2 unspecified atom stereocenters. The summed E-state index contributed by atoms with van der Waals surface area (Å²) in [6.45, 7) is 5.49. The Morgan fingerprint density at radius 1 is 1.12 bits per heavy atom. The van der Waals surface area contributed by atoms with Crippen molar-refractivity contribution < 1.29 is 9.53 Å². The van der Waals surface area contributed by atoms with Gasteiger partial charge in [-0.2, -0.15) is 0 Å². The number of likely N-dealkylation sites (tertiary alicyclic amines) is 1. The van der Waals surface area contributed by atoms with Crippen molar-refractivity contribution in [3.8, 4) is 0 Å². The third kappa shape index (κ3) is 5.18. The van der Waals surface area contributed by atoms with Crippen LogP contribution in [0.1, 0.15) is 51.0 Å². The Morgan fingerprint density at radius 3 is 2.76 bits per heavy atom. The van der Waals surface area contributed by atoms with E-state index >= 15 is 0 Å². The third-order valence-corrected chi connectivity index (χ3v) is 5.57. The van der Waals surface area contributed by atoms with Gasteiger partial charge in [0.15, 0.2) is 0 Å². The first kappa shape index (κ1) is 18.2. The average molecular weight is 341 g/mol. The Kier molecular flexibility index (Phi) is 6.69. The second-order valence-corrected chi connectivity index (χ2v) is 7.50. The summed E-state index contributed by atoms with van der Waals surface area (Å²) in [7, 11) is 0. The number of carbonyl (C=O) groups excluding carboxylic acids is 1. The molecule has 0 aromatic heterocycles. The van der Waals surface area contributed by atoms with E-state index in [0.29, 0.717) is 30.8 Å². The molecule has 0 N–H and O–H groups in total. The summed E-state index contributed by atoms with van der Waals surface area (Å²) in [5.41, 5.74) is 2.65. The topological polar surface area (TPSA) is 29.5 Å². The van der Waals surface area contributed by atoms with Crippen molar-refractivity contribution >= 4 is 5.91 Å². The standard InChI is InChI=1S/C22H31NO2/c1-2-3-13-23-15-21-10-9-19(14-20(21)11-12-22(23)24)17-25-16-18-7-5-4-6-8-18/h4-8,14,20-21H,2-3,9-13,15-17H2,1H3. The molecule has 3 rings (SSSR count). The summed E-state index contributed by atoms with van der Waals surface area (Å²) in [4.78, 5) is 14.5. The smallest absolute Gasteiger partial charge is 0.222 e. The molecule has 1 aliphatic heterocycles. The van der Waals surface area contributed by atoms with Crippen LogP contribution in [0, 0.1) is 11.8 Å². The van der Waals surface area contributed by atoms with Crippen molar-refractivity contribution in [2.24, 2.45) is 11.8 Å². The summed E-state index contributed by atoms with van der Waals surface area (Å²) in [5, 5.41) is 0. The van der Waals surface area contributed by atoms with Crippen molar-refractivity contribution in [2.75, 3.05) is 19.7 Å². The van der Waals surface area contributed by atoms with E-state index in [1.807, 2.05) is 6.07 Å². The van der Waals surface area contributed by atoms with Crippen molar-refractivity contribution in [3.05, 3.63) is 47.5 Å². The molecule has 3 nitrogen and oxygen atoms in total. The zero-order valence-electron chi connectivity index (χ0n) is 15.5. The molecule has 2 aliphatic rings. The highest BCUT2D eigenvalue weighted by molar-refractivity contribution is 5.76. The normalized spacial score (nSPS) is 23.8. The van der Waals surface area contributed by atoms with Crippen molar-refractivity contribution in [1.29, 1.82) is 0 Å². The maximum Gasteiger partial charge on any atom is 0.222 e. The molecular weight excluding hydrogens is 310 g/mol. The number of unbranched alkanes of at least 4 members (excludes halogenated alkanes) is 1. The minimum atomic E-state index is 0.359. The minimum Gasteiger partial charge on any atom is -0.372 e. The van der Waals surface area contributed by atoms with Gasteiger partial charge in [0.1, 0.15) is 0 Å². The van der Waals surface area contributed by atoms with Crippen LogP contribution in [0.15, 0.2) is 42.0 Å². The van der Waals surface area contributed by atoms with Crippen LogP contribution in [0.3, 0.4) is 0 Å². The van der Waals surface area contributed by atoms with E-state index in [4.69, 9.17) is 4.74 Å². The van der Waals surface area contributed by atoms with Gasteiger partial charge >= 0.3 is 0 Å². The lowest BCUT2D eigenvalue weighted by atomic mass is 9.79. The Balaban J connectivity index is 1.52. The fourth-order valence-corrected chi connectivity index (χ4v) is 4.05. The number of hydrogen-bond acceptors (Lipinski definition) is 2. The van der Waals surface area contributed by atoms with E-state index < -0.39 is 0 Å². The zero-order valence-corrected chi connectivity index (χ0v) is 15.5. The van der Waals surface area contributed by atoms with E-state index in [1.54, 1.807) is 0 Å². The lowest BCUT2D eigenvalue weighted by Crippen LogP contribution is -2.35. The second kappa shape index (κ2) is 9.19. The Hall–Kier alpha value is -1.61. The van der Waals surface area contributed by atoms with Gasteiger partial charge in [-0.3, -0.25) is 4.79 Å². The number of ether oxygens (including phenoxy) is 1. The largest absolute Gasteiger partial charge is 0.372 e. The van der Waals surface area contributed by atoms with Gasteiger partial charge in [-0.1, -0.05) is 49.8 Å². The van der Waals surface area contributed by atoms with Gasteiger partial charge < -0.3 is 9.64 Å². The molecular formula is C22H31NO2. The number of benzene rings is 1. The van der Waals surface area contributed by atoms with Crippen LogP contribution in [-0.4, -0.2) is 30.5 Å². The first-order valence-electron chi connectivity index (χ1n) is 9.85. The molecule has 136 valence electrons. The van der Waals surface area contributed by atoms with Crippen molar-refractivity contribution in [3.63, 3.8) is 0 Å². The predicted molar refractivity (Wildman–Crippen MR) is 101 cm³/mol. The summed E-state index contributed by atoms with van der Waals surface area (Å²) in [6.07, 6.45) is 8.73. The van der Waals surface area contributed by atoms with Crippen LogP contribution in [0.2, 0.25) is 0 Å². The van der Waals surface area contributed by atoms with Gasteiger partial charge in [0, 0.05) is 19.5 Å². The Morgan fingerprint density at radius 2 is 1.96 bits per heavy atom. The van der Waals surface area contributed by atoms with E-state index in [1.165, 1.54) is 17.6 Å². The molecule has 0 spiro atoms. The van der Waals surface area contributed by atoms with E-state index in [9.17, 15) is 4.79 Å². The molecule has 0 saturated carbocycles. The van der Waals surface area contributed by atoms with Crippen LogP contribution in [-0.2, 0) is 16.1 Å². The lowest BCUT2D eigenvalue weighted by molar-refractivity contribution is -0.131. The molecule has 0 bridgehead atoms. The number of fused-ring (bicyclic) bond motifs is 1. The number of amides is 1. The molecule has 1 fully saturated rings. The van der Waals surface area contributed by atoms with Crippen LogP contribution in [0.4, 0.5) is 0 Å². The van der Waals surface area contributed by atoms with Gasteiger partial charge in [-0.25, -0.2) is 0 Å². The van der Waals surface area contributed by atoms with Crippen LogP contribution in [0.25, 0.3) is 0 Å². The molecule has 3 heteroatoms. The molecule has 1 aromatic carbocycles. The first-order valence-corrected chi connectivity index (χ1v) is 9.85. The summed E-state index contributed by atoms with van der Waals surface area (Å²) in [5.74, 6) is 1.55. The average Bonchev–Trinajstić information content (AvgIpc) is 2.80. The summed E-state index contributed by atoms with van der Waals surface area (Å²) in [6, 6.07) is 10.3. The van der Waals surface area contributed by atoms with Crippen LogP contribution >= 0.6 is 0 Å². The second-order valence-electron chi connectivity index (χ2n) is 7.50. The van der Waals surface area contributed by atoms with Gasteiger partial charge in [-0.15, -0.1) is 0 Å². The number of nitrogens with zero attached hydrogens (tertiary/aromatic N) is 1. The van der Waals surface area contributed by atoms with Gasteiger partial charge in [0.2, 0.25) is 5.91 Å². The Labute approximate surface area is 152 Å². The fourth-order valence-electron chi connectivity index (χ4n) is 4.05. The highest BCUT2D eigenvalue weighted by Crippen LogP contribution is 2.35. The maximum atomic E-state index is 12.4. The highest BCUT2D eigenvalue weighted by atomic mass is 16.5. The first-order chi connectivity index (χ1) is 12.3. The van der Waals surface area contributed by atoms with Gasteiger partial charge in [0.05, 0.1) is 13.2 Å². The number of allylic oxidation sites excluding steroid dienone is 1. The van der Waals surface area contributed by atoms with Gasteiger partial charge in [0.25, 0.3) is 0 Å². The molecule has 1 amide bonds. The molecule has 0 radical (unpaired) electrons. The lowest BCUT2D eigenvalue weighted by Gasteiger charge is -2.31. The molecule has 1 aliphatic carbocycles. The molecule has 2 atom stereocenters. The number of rotatable bonds is 7. The van der Waals surface area contributed by atoms with Crippen LogP contribution in [0.5, 0.6) is 0 Å². The third-order valence-electron chi connectivity index (χ3n) is 5.57. The predicted octanol–water partition coefficient (Wildman–Crippen LogP) is 4.58. The van der Waals surface area contributed by atoms with Crippen molar-refractivity contribution in [2.45, 2.75) is 52.1 Å². The Bertz CT molecular complexity index is 581. The molecule has 1 saturated heterocycles. The number of carbonyl (C=O) groups is 1. The highest BCUT2D eigenvalue weighted by Gasteiger charge is 2.31. The van der Waals surface area contributed by atoms with E-state index in [2.05, 4.69) is 42.2 Å². The SMILES string of the molecule is CCCCN1CC2CCC(COCc3ccccc3)=CC2CCC1=O. The van der Waals surface area contributed by atoms with E-state index in [-0.39, 0.29) is 0 Å². The summed E-state index contributed by atoms with van der Waals surface area (Å²) < 4.78 is 5.92. The molecule has 1 aromatic rings. The van der Waals surface area contributed by atoms with Crippen LogP contribution < -0.4 is 0 Å². The molecule has 1 heterocycles. The monoisotopic (exact) mass is 341 g/mol. The number of hydrogen-bond donors (Lipinski definition) is 0. The maximum absolute atomic E-state index is 12.4. The zero-order chi connectivity index (χ0) is 17.5. The van der Waals surface area contributed by atoms with Gasteiger partial charge in [-0.05, 0) is 48.7 Å². The van der Waals surface area contributed by atoms with E-state index in [0.717, 1.165) is 45.4 Å². The summed E-state index contributed by atoms with van der Waals surface area (Å²) >= 11 is 0. The van der Waals surface area contributed by atoms with Crippen molar-refractivity contribution in [1.82, 2.24) is 4.90 Å².